The number of benzene rings is 1. The monoisotopic (exact) mass is 272 g/mol. The summed E-state index contributed by atoms with van der Waals surface area (Å²) in [5, 5.41) is 3.23. The van der Waals surface area contributed by atoms with E-state index >= 15 is 0 Å². The van der Waals surface area contributed by atoms with Crippen LogP contribution in [0.4, 0.5) is 5.69 Å². The van der Waals surface area contributed by atoms with E-state index in [4.69, 9.17) is 0 Å². The molecule has 1 heterocycles. The lowest BCUT2D eigenvalue weighted by Gasteiger charge is -2.15. The SMILES string of the molecule is CCCN1C(=O)CC(Nc2ccc3c(c2)CCC3)C1=O. The summed E-state index contributed by atoms with van der Waals surface area (Å²) >= 11 is 0. The molecule has 1 saturated heterocycles. The molecule has 4 heteroatoms. The molecule has 1 aromatic rings. The van der Waals surface area contributed by atoms with Crippen molar-refractivity contribution in [1.29, 1.82) is 0 Å². The maximum atomic E-state index is 12.2. The van der Waals surface area contributed by atoms with Crippen molar-refractivity contribution in [3.8, 4) is 0 Å². The molecular weight excluding hydrogens is 252 g/mol. The predicted octanol–water partition coefficient (Wildman–Crippen LogP) is 2.12. The standard InChI is InChI=1S/C16H20N2O2/c1-2-8-18-15(19)10-14(16(18)20)17-13-7-6-11-4-3-5-12(11)9-13/h6-7,9,14,17H,2-5,8,10H2,1H3. The molecule has 2 aliphatic rings. The first-order valence-corrected chi connectivity index (χ1v) is 7.41. The lowest BCUT2D eigenvalue weighted by Crippen LogP contribution is -2.35. The summed E-state index contributed by atoms with van der Waals surface area (Å²) in [6.07, 6.45) is 4.56. The Kier molecular flexibility index (Phi) is 3.47. The van der Waals surface area contributed by atoms with Crippen molar-refractivity contribution in [3.05, 3.63) is 29.3 Å². The number of likely N-dealkylation sites (tertiary alicyclic amines) is 1. The maximum Gasteiger partial charge on any atom is 0.252 e. The van der Waals surface area contributed by atoms with Crippen LogP contribution in [-0.4, -0.2) is 29.3 Å². The number of carbonyl (C=O) groups excluding carboxylic acids is 2. The van der Waals surface area contributed by atoms with Gasteiger partial charge in [-0.2, -0.15) is 0 Å². The fraction of sp³-hybridized carbons (Fsp3) is 0.500. The number of fused-ring (bicyclic) bond motifs is 1. The largest absolute Gasteiger partial charge is 0.373 e. The number of aryl methyl sites for hydroxylation is 2. The molecule has 0 saturated carbocycles. The lowest BCUT2D eigenvalue weighted by molar-refractivity contribution is -0.138. The number of nitrogens with one attached hydrogen (secondary N) is 1. The molecule has 3 rings (SSSR count). The number of carbonyl (C=O) groups is 2. The van der Waals surface area contributed by atoms with E-state index in [1.54, 1.807) is 0 Å². The Labute approximate surface area is 119 Å². The highest BCUT2D eigenvalue weighted by molar-refractivity contribution is 6.06. The summed E-state index contributed by atoms with van der Waals surface area (Å²) in [7, 11) is 0. The van der Waals surface area contributed by atoms with Crippen LogP contribution in [0.15, 0.2) is 18.2 Å². The third-order valence-electron chi connectivity index (χ3n) is 4.13. The van der Waals surface area contributed by atoms with E-state index in [0.717, 1.165) is 24.9 Å². The molecule has 1 unspecified atom stereocenters. The molecule has 1 aliphatic carbocycles. The fourth-order valence-corrected chi connectivity index (χ4v) is 3.12. The molecule has 1 aromatic carbocycles. The van der Waals surface area contributed by atoms with Crippen LogP contribution >= 0.6 is 0 Å². The van der Waals surface area contributed by atoms with Gasteiger partial charge in [-0.25, -0.2) is 0 Å². The van der Waals surface area contributed by atoms with Crippen LogP contribution in [0.1, 0.15) is 37.3 Å². The van der Waals surface area contributed by atoms with Gasteiger partial charge >= 0.3 is 0 Å². The zero-order valence-electron chi connectivity index (χ0n) is 11.8. The van der Waals surface area contributed by atoms with E-state index in [2.05, 4.69) is 17.4 Å². The molecule has 1 fully saturated rings. The first kappa shape index (κ1) is 13.2. The van der Waals surface area contributed by atoms with Gasteiger partial charge in [0.2, 0.25) is 5.91 Å². The smallest absolute Gasteiger partial charge is 0.252 e. The molecule has 0 bridgehead atoms. The highest BCUT2D eigenvalue weighted by Gasteiger charge is 2.37. The summed E-state index contributed by atoms with van der Waals surface area (Å²) in [4.78, 5) is 25.4. The Balaban J connectivity index is 1.72. The Hall–Kier alpha value is -1.84. The number of imide groups is 1. The minimum Gasteiger partial charge on any atom is -0.373 e. The summed E-state index contributed by atoms with van der Waals surface area (Å²) in [5.41, 5.74) is 3.74. The number of nitrogens with zero attached hydrogens (tertiary/aromatic N) is 1. The van der Waals surface area contributed by atoms with Crippen molar-refractivity contribution in [2.24, 2.45) is 0 Å². The third kappa shape index (κ3) is 2.30. The summed E-state index contributed by atoms with van der Waals surface area (Å²) < 4.78 is 0. The van der Waals surface area contributed by atoms with Gasteiger partial charge in [-0.3, -0.25) is 14.5 Å². The second-order valence-corrected chi connectivity index (χ2v) is 5.62. The molecule has 4 nitrogen and oxygen atoms in total. The van der Waals surface area contributed by atoms with Crippen molar-refractivity contribution in [2.45, 2.75) is 45.1 Å². The average molecular weight is 272 g/mol. The van der Waals surface area contributed by atoms with Gasteiger partial charge in [0.05, 0.1) is 6.42 Å². The molecule has 1 N–H and O–H groups in total. The second kappa shape index (κ2) is 5.27. The highest BCUT2D eigenvalue weighted by Crippen LogP contribution is 2.26. The van der Waals surface area contributed by atoms with E-state index in [1.165, 1.54) is 22.4 Å². The molecule has 20 heavy (non-hydrogen) atoms. The van der Waals surface area contributed by atoms with E-state index in [1.807, 2.05) is 13.0 Å². The van der Waals surface area contributed by atoms with E-state index in [0.29, 0.717) is 6.54 Å². The number of hydrogen-bond acceptors (Lipinski definition) is 3. The molecule has 1 atom stereocenters. The average Bonchev–Trinajstić information content (AvgIpc) is 2.99. The molecular formula is C16H20N2O2. The normalized spacial score (nSPS) is 21.4. The molecule has 106 valence electrons. The third-order valence-corrected chi connectivity index (χ3v) is 4.13. The Morgan fingerprint density at radius 2 is 2.05 bits per heavy atom. The molecule has 0 spiro atoms. The van der Waals surface area contributed by atoms with Crippen LogP contribution in [-0.2, 0) is 22.4 Å². The van der Waals surface area contributed by atoms with Gasteiger partial charge in [0.25, 0.3) is 5.91 Å². The Bertz CT molecular complexity index is 553. The van der Waals surface area contributed by atoms with Crippen LogP contribution in [0.25, 0.3) is 0 Å². The lowest BCUT2D eigenvalue weighted by atomic mass is 10.1. The van der Waals surface area contributed by atoms with Crippen LogP contribution in [0.3, 0.4) is 0 Å². The van der Waals surface area contributed by atoms with Crippen molar-refractivity contribution in [3.63, 3.8) is 0 Å². The first-order valence-electron chi connectivity index (χ1n) is 7.41. The van der Waals surface area contributed by atoms with Crippen LogP contribution in [0, 0.1) is 0 Å². The van der Waals surface area contributed by atoms with Crippen molar-refractivity contribution < 1.29 is 9.59 Å². The van der Waals surface area contributed by atoms with Crippen molar-refractivity contribution in [2.75, 3.05) is 11.9 Å². The predicted molar refractivity (Wildman–Crippen MR) is 77.5 cm³/mol. The first-order chi connectivity index (χ1) is 9.69. The molecule has 1 aliphatic heterocycles. The van der Waals surface area contributed by atoms with Crippen LogP contribution in [0.2, 0.25) is 0 Å². The Morgan fingerprint density at radius 3 is 2.85 bits per heavy atom. The summed E-state index contributed by atoms with van der Waals surface area (Å²) in [6.45, 7) is 2.50. The number of anilines is 1. The Morgan fingerprint density at radius 1 is 1.25 bits per heavy atom. The molecule has 0 radical (unpaired) electrons. The van der Waals surface area contributed by atoms with Gasteiger partial charge in [-0.15, -0.1) is 0 Å². The van der Waals surface area contributed by atoms with Gasteiger partial charge in [-0.05, 0) is 48.9 Å². The summed E-state index contributed by atoms with van der Waals surface area (Å²) in [5.74, 6) is -0.146. The maximum absolute atomic E-state index is 12.2. The van der Waals surface area contributed by atoms with Crippen molar-refractivity contribution in [1.82, 2.24) is 4.90 Å². The number of rotatable bonds is 4. The van der Waals surface area contributed by atoms with Gasteiger partial charge in [-0.1, -0.05) is 13.0 Å². The second-order valence-electron chi connectivity index (χ2n) is 5.62. The summed E-state index contributed by atoms with van der Waals surface area (Å²) in [6, 6.07) is 5.89. The van der Waals surface area contributed by atoms with Gasteiger partial charge in [0.1, 0.15) is 6.04 Å². The number of amides is 2. The minimum atomic E-state index is -0.395. The van der Waals surface area contributed by atoms with Crippen molar-refractivity contribution >= 4 is 17.5 Å². The van der Waals surface area contributed by atoms with E-state index in [9.17, 15) is 9.59 Å². The number of hydrogen-bond donors (Lipinski definition) is 1. The zero-order valence-corrected chi connectivity index (χ0v) is 11.8. The molecule has 0 aromatic heterocycles. The van der Waals surface area contributed by atoms with E-state index in [-0.39, 0.29) is 18.2 Å². The van der Waals surface area contributed by atoms with Gasteiger partial charge in [0.15, 0.2) is 0 Å². The highest BCUT2D eigenvalue weighted by atomic mass is 16.2. The zero-order chi connectivity index (χ0) is 14.1. The fourth-order valence-electron chi connectivity index (χ4n) is 3.12. The van der Waals surface area contributed by atoms with Gasteiger partial charge in [0, 0.05) is 12.2 Å². The topological polar surface area (TPSA) is 49.4 Å². The van der Waals surface area contributed by atoms with E-state index < -0.39 is 6.04 Å². The molecule has 2 amide bonds. The van der Waals surface area contributed by atoms with Crippen LogP contribution < -0.4 is 5.32 Å². The van der Waals surface area contributed by atoms with Crippen LogP contribution in [0.5, 0.6) is 0 Å². The quantitative estimate of drug-likeness (QED) is 0.854. The minimum absolute atomic E-state index is 0.0597. The van der Waals surface area contributed by atoms with Gasteiger partial charge < -0.3 is 5.32 Å².